The molecule has 0 saturated heterocycles. The Morgan fingerprint density at radius 2 is 1.22 bits per heavy atom. The van der Waals surface area contributed by atoms with Crippen LogP contribution in [0.15, 0.2) is 0 Å². The third-order valence-electron chi connectivity index (χ3n) is 0.415. The first-order valence-corrected chi connectivity index (χ1v) is 3.79. The van der Waals surface area contributed by atoms with Gasteiger partial charge in [-0.2, -0.15) is 0 Å². The Hall–Kier alpha value is 1.28. The van der Waals surface area contributed by atoms with E-state index >= 15 is 0 Å². The quantitative estimate of drug-likeness (QED) is 0.460. The number of rotatable bonds is 0. The summed E-state index contributed by atoms with van der Waals surface area (Å²) in [7, 11) is 0. The molecule has 0 bridgehead atoms. The molecule has 0 N–H and O–H groups in total. The summed E-state index contributed by atoms with van der Waals surface area (Å²) in [5.74, 6) is 0. The van der Waals surface area contributed by atoms with Gasteiger partial charge in [-0.1, -0.05) is 0 Å². The van der Waals surface area contributed by atoms with Gasteiger partial charge in [-0.3, -0.25) is 0 Å². The Kier molecular flexibility index (Phi) is 5.18. The number of alkyl halides is 5. The van der Waals surface area contributed by atoms with Crippen LogP contribution in [0.1, 0.15) is 0 Å². The normalized spacial score (nSPS) is 12.8. The van der Waals surface area contributed by atoms with Gasteiger partial charge in [0.1, 0.15) is 0 Å². The SMILES string of the molecule is Cl.FC(F)(F)[C](Cl)(Cl)[Zn]. The monoisotopic (exact) mass is 251 g/mol. The van der Waals surface area contributed by atoms with Crippen LogP contribution >= 0.6 is 35.6 Å². The second-order valence-electron chi connectivity index (χ2n) is 1.20. The van der Waals surface area contributed by atoms with Crippen LogP contribution in [0.3, 0.4) is 0 Å². The van der Waals surface area contributed by atoms with E-state index < -0.39 is 9.10 Å². The van der Waals surface area contributed by atoms with Gasteiger partial charge in [0.2, 0.25) is 0 Å². The molecule has 0 aliphatic carbocycles. The van der Waals surface area contributed by atoms with E-state index in [4.69, 9.17) is 23.2 Å². The van der Waals surface area contributed by atoms with Crippen LogP contribution in [0.25, 0.3) is 0 Å². The molecule has 0 atom stereocenters. The van der Waals surface area contributed by atoms with Crippen molar-refractivity contribution in [1.29, 1.82) is 0 Å². The average molecular weight is 254 g/mol. The van der Waals surface area contributed by atoms with Crippen LogP contribution in [0.4, 0.5) is 13.2 Å². The van der Waals surface area contributed by atoms with E-state index in [1.54, 1.807) is 0 Å². The van der Waals surface area contributed by atoms with Crippen LogP contribution in [0.5, 0.6) is 0 Å². The predicted octanol–water partition coefficient (Wildman–Crippen LogP) is 2.65. The zero-order valence-corrected chi connectivity index (χ0v) is 9.30. The zero-order valence-electron chi connectivity index (χ0n) is 4.01. The minimum absolute atomic E-state index is 0. The van der Waals surface area contributed by atoms with Gasteiger partial charge in [-0.15, -0.1) is 12.4 Å². The second kappa shape index (κ2) is 3.61. The molecule has 9 heavy (non-hydrogen) atoms. The molecule has 0 nitrogen and oxygen atoms in total. The van der Waals surface area contributed by atoms with Gasteiger partial charge in [-0.25, -0.2) is 0 Å². The van der Waals surface area contributed by atoms with Crippen molar-refractivity contribution < 1.29 is 31.5 Å². The summed E-state index contributed by atoms with van der Waals surface area (Å²) < 4.78 is 31.5. The molecule has 0 aliphatic rings. The van der Waals surface area contributed by atoms with E-state index in [0.717, 1.165) is 0 Å². The number of hydrogen-bond donors (Lipinski definition) is 0. The fourth-order valence-electron chi connectivity index (χ4n) is 0. The Morgan fingerprint density at radius 1 is 1.11 bits per heavy atom. The van der Waals surface area contributed by atoms with Gasteiger partial charge in [0.15, 0.2) is 0 Å². The van der Waals surface area contributed by atoms with Crippen molar-refractivity contribution in [2.75, 3.05) is 0 Å². The first kappa shape index (κ1) is 12.9. The van der Waals surface area contributed by atoms with Crippen LogP contribution in [0, 0.1) is 0 Å². The summed E-state index contributed by atoms with van der Waals surface area (Å²) in [4.78, 5) is 0. The summed E-state index contributed by atoms with van der Waals surface area (Å²) in [6.45, 7) is 0. The fraction of sp³-hybridized carbons (Fsp3) is 1.00. The third kappa shape index (κ3) is 4.66. The molecule has 7 heteroatoms. The van der Waals surface area contributed by atoms with Crippen molar-refractivity contribution in [3.05, 3.63) is 0 Å². The third-order valence-corrected chi connectivity index (χ3v) is 1.68. The Balaban J connectivity index is 0. The van der Waals surface area contributed by atoms with Crippen molar-refractivity contribution in [3.63, 3.8) is 0 Å². The summed E-state index contributed by atoms with van der Waals surface area (Å²) in [5.41, 5.74) is 0. The fourth-order valence-corrected chi connectivity index (χ4v) is 0. The van der Waals surface area contributed by atoms with E-state index in [-0.39, 0.29) is 30.7 Å². The number of hydrogen-bond acceptors (Lipinski definition) is 0. The first-order chi connectivity index (χ1) is 3.25. The van der Waals surface area contributed by atoms with Crippen LogP contribution < -0.4 is 0 Å². The molecule has 0 rings (SSSR count). The summed E-state index contributed by atoms with van der Waals surface area (Å²) in [6, 6.07) is 0. The van der Waals surface area contributed by atoms with E-state index in [1.807, 2.05) is 0 Å². The van der Waals surface area contributed by atoms with Crippen molar-refractivity contribution in [1.82, 2.24) is 0 Å². The Morgan fingerprint density at radius 3 is 1.22 bits per heavy atom. The molecule has 0 aromatic carbocycles. The molecule has 0 aromatic rings. The maximum atomic E-state index is 11.3. The molecule has 0 spiro atoms. The Bertz CT molecular complexity index is 72.0. The first-order valence-electron chi connectivity index (χ1n) is 1.55. The van der Waals surface area contributed by atoms with Gasteiger partial charge >= 0.3 is 63.8 Å². The molecule has 0 saturated carbocycles. The van der Waals surface area contributed by atoms with Gasteiger partial charge < -0.3 is 0 Å². The molecule has 0 fully saturated rings. The van der Waals surface area contributed by atoms with Gasteiger partial charge in [0.05, 0.1) is 0 Å². The van der Waals surface area contributed by atoms with Crippen molar-refractivity contribution in [2.24, 2.45) is 0 Å². The Labute approximate surface area is 76.2 Å². The van der Waals surface area contributed by atoms with Crippen molar-refractivity contribution in [2.45, 2.75) is 9.10 Å². The zero-order chi connectivity index (χ0) is 7.00. The van der Waals surface area contributed by atoms with Crippen molar-refractivity contribution in [3.8, 4) is 0 Å². The molecule has 0 radical (unpaired) electrons. The van der Waals surface area contributed by atoms with E-state index in [0.29, 0.717) is 0 Å². The van der Waals surface area contributed by atoms with E-state index in [2.05, 4.69) is 0 Å². The van der Waals surface area contributed by atoms with Crippen LogP contribution in [0.2, 0.25) is 0 Å². The number of halogens is 6. The molecular weight excluding hydrogens is 253 g/mol. The van der Waals surface area contributed by atoms with E-state index in [1.165, 1.54) is 0 Å². The van der Waals surface area contributed by atoms with Crippen LogP contribution in [-0.2, 0) is 18.3 Å². The molecule has 0 unspecified atom stereocenters. The molecule has 0 amide bonds. The topological polar surface area (TPSA) is 0 Å². The molecule has 0 heterocycles. The van der Waals surface area contributed by atoms with E-state index in [9.17, 15) is 13.2 Å². The van der Waals surface area contributed by atoms with Gasteiger partial charge in [0, 0.05) is 0 Å². The maximum absolute atomic E-state index is 11.3. The molecule has 0 aliphatic heterocycles. The van der Waals surface area contributed by atoms with Gasteiger partial charge in [-0.05, 0) is 0 Å². The average Bonchev–Trinajstić information content (AvgIpc) is 1.25. The molecular formula is C2HCl3F3Zn. The second-order valence-corrected chi connectivity index (χ2v) is 6.79. The molecule has 53 valence electrons. The van der Waals surface area contributed by atoms with Crippen molar-refractivity contribution >= 4 is 35.6 Å². The van der Waals surface area contributed by atoms with Crippen LogP contribution in [-0.4, -0.2) is 9.10 Å². The predicted molar refractivity (Wildman–Crippen MR) is 27.7 cm³/mol. The summed E-state index contributed by atoms with van der Waals surface area (Å²) >= 11 is 9.20. The summed E-state index contributed by atoms with van der Waals surface area (Å²) in [5, 5.41) is 0. The molecule has 0 aromatic heterocycles. The summed E-state index contributed by atoms with van der Waals surface area (Å²) in [6.07, 6.45) is -4.48. The van der Waals surface area contributed by atoms with Gasteiger partial charge in [0.25, 0.3) is 0 Å². The standard InChI is InChI=1S/C2Cl2F3.ClH.Zn/c3-1(4)2(5,6)7;;/h;1H;. The minimum atomic E-state index is -4.48.